The minimum atomic E-state index is 0.192. The molecule has 0 radical (unpaired) electrons. The van der Waals surface area contributed by atoms with Crippen LogP contribution in [-0.2, 0) is 9.59 Å². The van der Waals surface area contributed by atoms with E-state index in [0.717, 1.165) is 22.3 Å². The van der Waals surface area contributed by atoms with Crippen LogP contribution >= 0.6 is 21.6 Å². The molecule has 0 spiro atoms. The number of rotatable bonds is 5. The van der Waals surface area contributed by atoms with Gasteiger partial charge in [0, 0.05) is 35.2 Å². The van der Waals surface area contributed by atoms with Crippen molar-refractivity contribution in [2.75, 3.05) is 0 Å². The fraction of sp³-hybridized carbons (Fsp3) is 0.500. The second kappa shape index (κ2) is 7.92. The summed E-state index contributed by atoms with van der Waals surface area (Å²) in [6, 6.07) is 0. The maximum atomic E-state index is 12.0. The van der Waals surface area contributed by atoms with Gasteiger partial charge in [0.1, 0.15) is 0 Å². The van der Waals surface area contributed by atoms with E-state index in [1.807, 2.05) is 27.7 Å². The summed E-state index contributed by atoms with van der Waals surface area (Å²) in [4.78, 5) is 24.0. The Morgan fingerprint density at radius 1 is 0.875 bits per heavy atom. The van der Waals surface area contributed by atoms with Crippen LogP contribution in [0, 0.1) is 11.8 Å². The van der Waals surface area contributed by atoms with Crippen molar-refractivity contribution in [3.63, 3.8) is 0 Å². The number of carbonyl (C=O) groups excluding carboxylic acids is 2. The second-order valence-electron chi connectivity index (χ2n) is 6.98. The number of ketones is 2. The molecule has 2 aliphatic carbocycles. The standard InChI is InChI=1S/C20H26O2S2/c1-11(2)15-9-17(21)13(5)7-19(15)23-24-20-8-14(6)18(22)10-16(20)12(3)4/h7-8,15-16,19-20H,1,3,9-10H2,2,4-6H3. The number of Topliss-reactive ketones (excluding diaryl/α,β-unsaturated/α-hetero) is 2. The smallest absolute Gasteiger partial charge is 0.158 e. The Balaban J connectivity index is 2.15. The third kappa shape index (κ3) is 4.34. The number of hydrogen-bond donors (Lipinski definition) is 0. The van der Waals surface area contributed by atoms with Gasteiger partial charge in [-0.05, 0) is 38.8 Å². The average Bonchev–Trinajstić information content (AvgIpc) is 2.50. The largest absolute Gasteiger partial charge is 0.295 e. The lowest BCUT2D eigenvalue weighted by Crippen LogP contribution is -2.28. The molecule has 0 bridgehead atoms. The van der Waals surface area contributed by atoms with Gasteiger partial charge in [0.25, 0.3) is 0 Å². The molecule has 130 valence electrons. The summed E-state index contributed by atoms with van der Waals surface area (Å²) in [5, 5.41) is 0.504. The van der Waals surface area contributed by atoms with Crippen LogP contribution in [0.4, 0.5) is 0 Å². The summed E-state index contributed by atoms with van der Waals surface area (Å²) in [7, 11) is 3.60. The zero-order valence-electron chi connectivity index (χ0n) is 14.9. The van der Waals surface area contributed by atoms with Crippen molar-refractivity contribution in [2.24, 2.45) is 11.8 Å². The van der Waals surface area contributed by atoms with Crippen molar-refractivity contribution >= 4 is 33.2 Å². The van der Waals surface area contributed by atoms with Crippen LogP contribution < -0.4 is 0 Å². The molecule has 4 atom stereocenters. The van der Waals surface area contributed by atoms with Crippen molar-refractivity contribution < 1.29 is 9.59 Å². The first-order chi connectivity index (χ1) is 11.2. The molecule has 2 rings (SSSR count). The van der Waals surface area contributed by atoms with Crippen LogP contribution in [0.3, 0.4) is 0 Å². The molecule has 0 N–H and O–H groups in total. The van der Waals surface area contributed by atoms with Gasteiger partial charge < -0.3 is 0 Å². The minimum absolute atomic E-state index is 0.192. The maximum Gasteiger partial charge on any atom is 0.158 e. The molecule has 0 aromatic rings. The molecule has 2 aliphatic rings. The molecule has 0 aliphatic heterocycles. The topological polar surface area (TPSA) is 34.1 Å². The van der Waals surface area contributed by atoms with Crippen molar-refractivity contribution in [3.05, 3.63) is 47.6 Å². The molecule has 0 saturated heterocycles. The molecule has 0 fully saturated rings. The van der Waals surface area contributed by atoms with Gasteiger partial charge in [-0.1, -0.05) is 58.0 Å². The molecular weight excluding hydrogens is 336 g/mol. The predicted molar refractivity (Wildman–Crippen MR) is 106 cm³/mol. The lowest BCUT2D eigenvalue weighted by atomic mass is 9.85. The molecule has 0 aromatic heterocycles. The Morgan fingerprint density at radius 3 is 1.50 bits per heavy atom. The van der Waals surface area contributed by atoms with Gasteiger partial charge in [-0.25, -0.2) is 0 Å². The Morgan fingerprint density at radius 2 is 1.21 bits per heavy atom. The summed E-state index contributed by atoms with van der Waals surface area (Å²) >= 11 is 0. The molecular formula is C20H26O2S2. The zero-order chi connectivity index (χ0) is 18.0. The molecule has 4 unspecified atom stereocenters. The van der Waals surface area contributed by atoms with Gasteiger partial charge in [0.05, 0.1) is 0 Å². The Labute approximate surface area is 153 Å². The highest BCUT2D eigenvalue weighted by molar-refractivity contribution is 8.77. The Bertz CT molecular complexity index is 586. The van der Waals surface area contributed by atoms with E-state index in [-0.39, 0.29) is 33.9 Å². The van der Waals surface area contributed by atoms with Crippen LogP contribution in [0.25, 0.3) is 0 Å². The van der Waals surface area contributed by atoms with Crippen molar-refractivity contribution in [1.82, 2.24) is 0 Å². The fourth-order valence-corrected chi connectivity index (χ4v) is 6.70. The first kappa shape index (κ1) is 19.3. The fourth-order valence-electron chi connectivity index (χ4n) is 3.09. The van der Waals surface area contributed by atoms with Crippen LogP contribution in [-0.4, -0.2) is 22.1 Å². The number of hydrogen-bond acceptors (Lipinski definition) is 4. The van der Waals surface area contributed by atoms with Crippen LogP contribution in [0.1, 0.15) is 40.5 Å². The van der Waals surface area contributed by atoms with E-state index in [9.17, 15) is 9.59 Å². The lowest BCUT2D eigenvalue weighted by Gasteiger charge is -2.32. The van der Waals surface area contributed by atoms with E-state index in [4.69, 9.17) is 0 Å². The quantitative estimate of drug-likeness (QED) is 0.489. The van der Waals surface area contributed by atoms with E-state index < -0.39 is 0 Å². The van der Waals surface area contributed by atoms with Crippen LogP contribution in [0.2, 0.25) is 0 Å². The maximum absolute atomic E-state index is 12.0. The molecule has 0 aromatic carbocycles. The Hall–Kier alpha value is -1.00. The Kier molecular flexibility index (Phi) is 6.38. The van der Waals surface area contributed by atoms with Gasteiger partial charge in [-0.15, -0.1) is 0 Å². The molecule has 24 heavy (non-hydrogen) atoms. The van der Waals surface area contributed by atoms with Gasteiger partial charge >= 0.3 is 0 Å². The molecule has 2 nitrogen and oxygen atoms in total. The van der Waals surface area contributed by atoms with Gasteiger partial charge in [-0.2, -0.15) is 0 Å². The summed E-state index contributed by atoms with van der Waals surface area (Å²) in [6.45, 7) is 16.0. The monoisotopic (exact) mass is 362 g/mol. The van der Waals surface area contributed by atoms with Gasteiger partial charge in [0.15, 0.2) is 11.6 Å². The SMILES string of the molecule is C=C(C)C1CC(=O)C(C)=CC1SSC1C=C(C)C(=O)CC1C(=C)C. The van der Waals surface area contributed by atoms with Crippen molar-refractivity contribution in [1.29, 1.82) is 0 Å². The normalized spacial score (nSPS) is 30.7. The minimum Gasteiger partial charge on any atom is -0.295 e. The third-order valence-corrected chi connectivity index (χ3v) is 8.01. The predicted octanol–water partition coefficient (Wildman–Crippen LogP) is 5.33. The highest BCUT2D eigenvalue weighted by Crippen LogP contribution is 2.46. The number of carbonyl (C=O) groups is 2. The van der Waals surface area contributed by atoms with Crippen molar-refractivity contribution in [3.8, 4) is 0 Å². The van der Waals surface area contributed by atoms with Crippen LogP contribution in [0.5, 0.6) is 0 Å². The first-order valence-corrected chi connectivity index (χ1v) is 10.5. The summed E-state index contributed by atoms with van der Waals surface area (Å²) in [6.07, 6.45) is 5.28. The summed E-state index contributed by atoms with van der Waals surface area (Å²) < 4.78 is 0. The third-order valence-electron chi connectivity index (χ3n) is 4.86. The highest BCUT2D eigenvalue weighted by Gasteiger charge is 2.33. The molecule has 0 heterocycles. The first-order valence-electron chi connectivity index (χ1n) is 8.27. The number of allylic oxidation sites excluding steroid dienone is 4. The zero-order valence-corrected chi connectivity index (χ0v) is 16.6. The second-order valence-corrected chi connectivity index (χ2v) is 9.61. The molecule has 0 amide bonds. The van der Waals surface area contributed by atoms with Gasteiger partial charge in [-0.3, -0.25) is 9.59 Å². The van der Waals surface area contributed by atoms with E-state index in [1.54, 1.807) is 21.6 Å². The molecule has 4 heteroatoms. The highest BCUT2D eigenvalue weighted by atomic mass is 33.1. The lowest BCUT2D eigenvalue weighted by molar-refractivity contribution is -0.117. The van der Waals surface area contributed by atoms with E-state index in [0.29, 0.717) is 12.8 Å². The van der Waals surface area contributed by atoms with Crippen LogP contribution in [0.15, 0.2) is 47.6 Å². The van der Waals surface area contributed by atoms with E-state index in [2.05, 4.69) is 25.3 Å². The van der Waals surface area contributed by atoms with Crippen molar-refractivity contribution in [2.45, 2.75) is 51.0 Å². The summed E-state index contributed by atoms with van der Waals surface area (Å²) in [5.41, 5.74) is 3.83. The average molecular weight is 363 g/mol. The molecule has 0 saturated carbocycles. The van der Waals surface area contributed by atoms with E-state index in [1.165, 1.54) is 0 Å². The van der Waals surface area contributed by atoms with Gasteiger partial charge in [0.2, 0.25) is 0 Å². The van der Waals surface area contributed by atoms with E-state index >= 15 is 0 Å². The summed E-state index contributed by atoms with van der Waals surface area (Å²) in [5.74, 6) is 0.835.